The Morgan fingerprint density at radius 1 is 1.06 bits per heavy atom. The molecule has 2 aliphatic rings. The smallest absolute Gasteiger partial charge is 0.253 e. The molecule has 284 valence electrons. The number of H-pyrrole nitrogens is 1. The van der Waals surface area contributed by atoms with Crippen molar-refractivity contribution in [2.24, 2.45) is 17.8 Å². The van der Waals surface area contributed by atoms with Crippen LogP contribution in [0.5, 0.6) is 0 Å². The lowest BCUT2D eigenvalue weighted by molar-refractivity contribution is -0.122. The Morgan fingerprint density at radius 2 is 1.81 bits per heavy atom. The first-order valence-corrected chi connectivity index (χ1v) is 19.1. The molecule has 11 nitrogen and oxygen atoms in total. The van der Waals surface area contributed by atoms with Gasteiger partial charge >= 0.3 is 0 Å². The van der Waals surface area contributed by atoms with Crippen molar-refractivity contribution in [1.82, 2.24) is 25.5 Å². The number of piperazine rings is 1. The maximum Gasteiger partial charge on any atom is 0.253 e. The van der Waals surface area contributed by atoms with E-state index in [1.54, 1.807) is 6.07 Å². The fourth-order valence-corrected chi connectivity index (χ4v) is 7.85. The summed E-state index contributed by atoms with van der Waals surface area (Å²) in [6, 6.07) is 9.73. The summed E-state index contributed by atoms with van der Waals surface area (Å²) >= 11 is 0. The van der Waals surface area contributed by atoms with Crippen molar-refractivity contribution in [3.05, 3.63) is 87.0 Å². The highest BCUT2D eigenvalue weighted by molar-refractivity contribution is 6.06. The Labute approximate surface area is 314 Å². The standard InChI is InChI=1S/C42H58N8O3/c1-26(2)47-38-22-34(21-35(36(38)23-43)41(52)46-25-37-30(6)19-31(7)48-42(37)53)32-8-9-39(45-24-32)50-14-12-49(13-15-50)11-10-44-40(51)20-29(5)33-17-27(3)16-28(4)18-33/h8-9,19,21-24,26,28-29,33,43,47H,3,10-18,20,25H2,1-2,4-7H3,(H,44,51)(H,46,52)(H,48,53). The Kier molecular flexibility index (Phi) is 13.3. The van der Waals surface area contributed by atoms with E-state index in [1.165, 1.54) is 18.2 Å². The molecule has 0 radical (unpaired) electrons. The molecule has 1 aliphatic carbocycles. The summed E-state index contributed by atoms with van der Waals surface area (Å²) in [5.74, 6) is 2.25. The fourth-order valence-electron chi connectivity index (χ4n) is 7.85. The number of aromatic amines is 1. The van der Waals surface area contributed by atoms with E-state index in [9.17, 15) is 14.4 Å². The SMILES string of the molecule is C=C1CC(C)CC(C(C)CC(=O)NCCN2CCN(c3ccc(-c4cc(NC(C)C)c(C=N)c(C(=O)NCc5c(C)cc(C)[nH]c5=O)c4)cn3)CC2)C1. The number of hydrogen-bond acceptors (Lipinski definition) is 8. The quantitative estimate of drug-likeness (QED) is 0.101. The number of amides is 2. The van der Waals surface area contributed by atoms with E-state index < -0.39 is 0 Å². The van der Waals surface area contributed by atoms with E-state index in [0.717, 1.165) is 73.8 Å². The average Bonchev–Trinajstić information content (AvgIpc) is 3.10. The van der Waals surface area contributed by atoms with Crippen LogP contribution in [-0.4, -0.2) is 78.2 Å². The first kappa shape index (κ1) is 39.4. The van der Waals surface area contributed by atoms with Crippen molar-refractivity contribution in [2.45, 2.75) is 79.8 Å². The van der Waals surface area contributed by atoms with E-state index in [2.05, 4.69) is 51.2 Å². The highest BCUT2D eigenvalue weighted by Crippen LogP contribution is 2.37. The van der Waals surface area contributed by atoms with Gasteiger partial charge in [0.1, 0.15) is 5.82 Å². The summed E-state index contributed by atoms with van der Waals surface area (Å²) in [6.45, 7) is 21.4. The summed E-state index contributed by atoms with van der Waals surface area (Å²) in [6.07, 6.45) is 6.95. The number of anilines is 2. The zero-order valence-electron chi connectivity index (χ0n) is 32.4. The molecule has 1 saturated heterocycles. The summed E-state index contributed by atoms with van der Waals surface area (Å²) < 4.78 is 0. The highest BCUT2D eigenvalue weighted by Gasteiger charge is 2.27. The number of hydrogen-bond donors (Lipinski definition) is 5. The van der Waals surface area contributed by atoms with Gasteiger partial charge in [-0.25, -0.2) is 4.98 Å². The van der Waals surface area contributed by atoms with Crippen LogP contribution in [0.2, 0.25) is 0 Å². The topological polar surface area (TPSA) is 146 Å². The Hall–Kier alpha value is -4.77. The van der Waals surface area contributed by atoms with Crippen molar-refractivity contribution in [1.29, 1.82) is 5.41 Å². The molecule has 1 saturated carbocycles. The van der Waals surface area contributed by atoms with Crippen LogP contribution in [0.15, 0.2) is 53.5 Å². The third-order valence-electron chi connectivity index (χ3n) is 10.7. The minimum Gasteiger partial charge on any atom is -0.382 e. The number of allylic oxidation sites excluding steroid dienone is 1. The van der Waals surface area contributed by atoms with Crippen molar-refractivity contribution in [2.75, 3.05) is 49.5 Å². The second-order valence-electron chi connectivity index (χ2n) is 15.6. The number of carbonyl (C=O) groups excluding carboxylic acids is 2. The Bertz CT molecular complexity index is 1840. The van der Waals surface area contributed by atoms with Gasteiger partial charge in [0.15, 0.2) is 0 Å². The number of rotatable bonds is 14. The molecule has 2 aromatic heterocycles. The van der Waals surface area contributed by atoms with E-state index >= 15 is 0 Å². The molecule has 3 aromatic rings. The van der Waals surface area contributed by atoms with Crippen LogP contribution in [0.3, 0.4) is 0 Å². The van der Waals surface area contributed by atoms with E-state index in [-0.39, 0.29) is 30.0 Å². The lowest BCUT2D eigenvalue weighted by Gasteiger charge is -2.35. The van der Waals surface area contributed by atoms with Crippen molar-refractivity contribution < 1.29 is 9.59 Å². The lowest BCUT2D eigenvalue weighted by Crippen LogP contribution is -2.48. The highest BCUT2D eigenvalue weighted by atomic mass is 16.2. The molecule has 5 rings (SSSR count). The number of nitrogens with one attached hydrogen (secondary N) is 5. The van der Waals surface area contributed by atoms with Crippen LogP contribution >= 0.6 is 0 Å². The van der Waals surface area contributed by atoms with Gasteiger partial charge in [-0.2, -0.15) is 0 Å². The second kappa shape index (κ2) is 17.8. The van der Waals surface area contributed by atoms with Crippen molar-refractivity contribution >= 4 is 29.5 Å². The first-order chi connectivity index (χ1) is 25.3. The van der Waals surface area contributed by atoms with Gasteiger partial charge in [-0.05, 0) is 106 Å². The minimum atomic E-state index is -0.367. The predicted octanol–water partition coefficient (Wildman–Crippen LogP) is 6.06. The molecular formula is C42H58N8O3. The molecule has 3 unspecified atom stereocenters. The number of nitrogens with zero attached hydrogens (tertiary/aromatic N) is 3. The number of carbonyl (C=O) groups is 2. The summed E-state index contributed by atoms with van der Waals surface area (Å²) in [5, 5.41) is 17.6. The van der Waals surface area contributed by atoms with E-state index in [4.69, 9.17) is 10.4 Å². The fraction of sp³-hybridized carbons (Fsp3) is 0.500. The van der Waals surface area contributed by atoms with Crippen LogP contribution in [-0.2, 0) is 11.3 Å². The predicted molar refractivity (Wildman–Crippen MR) is 215 cm³/mol. The third kappa shape index (κ3) is 10.4. The molecule has 1 aromatic carbocycles. The molecule has 11 heteroatoms. The number of aromatic nitrogens is 2. The Balaban J connectivity index is 1.17. The normalized spacial score (nSPS) is 18.5. The van der Waals surface area contributed by atoms with Gasteiger partial charge in [-0.15, -0.1) is 0 Å². The molecule has 3 atom stereocenters. The lowest BCUT2D eigenvalue weighted by atomic mass is 9.73. The molecule has 5 N–H and O–H groups in total. The zero-order valence-corrected chi connectivity index (χ0v) is 32.4. The number of aryl methyl sites for hydroxylation is 2. The first-order valence-electron chi connectivity index (χ1n) is 19.1. The monoisotopic (exact) mass is 722 g/mol. The van der Waals surface area contributed by atoms with Gasteiger partial charge in [0.2, 0.25) is 5.91 Å². The van der Waals surface area contributed by atoms with E-state index in [1.807, 2.05) is 58.2 Å². The second-order valence-corrected chi connectivity index (χ2v) is 15.6. The molecule has 2 fully saturated rings. The molecule has 53 heavy (non-hydrogen) atoms. The summed E-state index contributed by atoms with van der Waals surface area (Å²) in [4.78, 5) is 51.2. The summed E-state index contributed by atoms with van der Waals surface area (Å²) in [5.41, 5.74) is 6.33. The largest absolute Gasteiger partial charge is 0.382 e. The molecular weight excluding hydrogens is 665 g/mol. The average molecular weight is 723 g/mol. The maximum absolute atomic E-state index is 13.6. The van der Waals surface area contributed by atoms with Crippen LogP contribution in [0.1, 0.15) is 86.1 Å². The molecule has 0 bridgehead atoms. The van der Waals surface area contributed by atoms with Crippen LogP contribution in [0, 0.1) is 37.0 Å². The number of benzene rings is 1. The summed E-state index contributed by atoms with van der Waals surface area (Å²) in [7, 11) is 0. The van der Waals surface area contributed by atoms with Gasteiger partial charge in [0.05, 0.1) is 5.56 Å². The maximum atomic E-state index is 13.6. The Morgan fingerprint density at radius 3 is 2.45 bits per heavy atom. The minimum absolute atomic E-state index is 0.0726. The van der Waals surface area contributed by atoms with Gasteiger partial charge in [0, 0.05) is 98.8 Å². The van der Waals surface area contributed by atoms with Gasteiger partial charge < -0.3 is 31.2 Å². The molecule has 1 aliphatic heterocycles. The molecule has 0 spiro atoms. The van der Waals surface area contributed by atoms with Crippen LogP contribution in [0.25, 0.3) is 11.1 Å². The van der Waals surface area contributed by atoms with Gasteiger partial charge in [0.25, 0.3) is 11.5 Å². The van der Waals surface area contributed by atoms with Crippen molar-refractivity contribution in [3.63, 3.8) is 0 Å². The zero-order chi connectivity index (χ0) is 38.2. The number of pyridine rings is 2. The van der Waals surface area contributed by atoms with Crippen LogP contribution < -0.4 is 26.4 Å². The third-order valence-corrected chi connectivity index (χ3v) is 10.7. The molecule has 3 heterocycles. The van der Waals surface area contributed by atoms with Gasteiger partial charge in [-0.1, -0.05) is 26.0 Å². The van der Waals surface area contributed by atoms with Crippen LogP contribution in [0.4, 0.5) is 11.5 Å². The van der Waals surface area contributed by atoms with E-state index in [0.29, 0.717) is 53.1 Å². The van der Waals surface area contributed by atoms with Gasteiger partial charge in [-0.3, -0.25) is 19.3 Å². The van der Waals surface area contributed by atoms with Crippen molar-refractivity contribution in [3.8, 4) is 11.1 Å². The molecule has 2 amide bonds.